The summed E-state index contributed by atoms with van der Waals surface area (Å²) >= 11 is 3.59. The molecule has 0 aliphatic heterocycles. The highest BCUT2D eigenvalue weighted by Crippen LogP contribution is 2.50. The topological polar surface area (TPSA) is 113 Å². The highest BCUT2D eigenvalue weighted by molar-refractivity contribution is 7.26. The predicted octanol–water partition coefficient (Wildman–Crippen LogP) is 31.4. The zero-order valence-corrected chi connectivity index (χ0v) is 68.8. The summed E-state index contributed by atoms with van der Waals surface area (Å²) in [6.07, 6.45) is 0. The Morgan fingerprint density at radius 1 is 0.198 bits per heavy atom. The Balaban J connectivity index is 0.000000131. The Morgan fingerprint density at radius 3 is 1.06 bits per heavy atom. The lowest BCUT2D eigenvalue weighted by molar-refractivity contribution is 0.666. The molecule has 0 aliphatic rings. The highest BCUT2D eigenvalue weighted by atomic mass is 32.1. The summed E-state index contributed by atoms with van der Waals surface area (Å²) in [5.74, 6) is 3.66. The smallest absolute Gasteiger partial charge is 0.164 e. The first-order valence-electron chi connectivity index (χ1n) is 42.3. The number of hydrogen-bond acceptors (Lipinski definition) is 10. The summed E-state index contributed by atoms with van der Waals surface area (Å²) in [5, 5.41) is 27.4. The molecule has 20 aromatic carbocycles. The van der Waals surface area contributed by atoms with Gasteiger partial charge in [0.25, 0.3) is 0 Å². The van der Waals surface area contributed by atoms with Gasteiger partial charge in [0.15, 0.2) is 46.1 Å². The van der Waals surface area contributed by atoms with Crippen LogP contribution in [-0.2, 0) is 0 Å². The maximum Gasteiger partial charge on any atom is 0.164 e. The Bertz CT molecular complexity index is 9460. The summed E-state index contributed by atoms with van der Waals surface area (Å²) in [5.41, 5.74) is 15.1. The molecule has 0 unspecified atom stereocenters. The van der Waals surface area contributed by atoms with Gasteiger partial charge in [0.1, 0.15) is 11.2 Å². The zero-order valence-electron chi connectivity index (χ0n) is 67.2. The molecule has 584 valence electrons. The van der Waals surface area contributed by atoms with Gasteiger partial charge in [-0.05, 0) is 162 Å². The fraction of sp³-hybridized carbons (Fsp3) is 0. The van der Waals surface area contributed by atoms with Crippen molar-refractivity contribution in [2.45, 2.75) is 0 Å². The summed E-state index contributed by atoms with van der Waals surface area (Å²) in [4.78, 5) is 32.3. The Labute approximate surface area is 725 Å². The van der Waals surface area contributed by atoms with Crippen LogP contribution in [0.2, 0.25) is 0 Å². The average Bonchev–Trinajstić information content (AvgIpc) is 1.55. The van der Waals surface area contributed by atoms with Crippen LogP contribution in [0.1, 0.15) is 0 Å². The van der Waals surface area contributed by atoms with Crippen molar-refractivity contribution in [3.8, 4) is 79.7 Å². The standard InChI is InChI=1S/2C57H32N4OS/c1-3-16-36-31-47-44(29-34(36)14-1)45-30-35-15-2-4-17-37(35)32-48(45)61(47)46-28-27-43(53-40-20-7-9-24-49(40)62-54(46)53)57-59-55(39-22-11-18-33-13-5-6-19-38(33)39)58-56(60-57)42-23-12-26-51-52(42)41-21-8-10-25-50(41)63-51;1-2-14-35-30-38(25-24-33(35)12-1)55-58-56(43-20-11-23-50-51(43)42-19-8-10-22-49(42)63-50)60-57(59-55)44-28-29-46(54-52(44)41-18-7-9-21-48(41)62-54)61-47-32-37-16-4-3-15-36(37)31-45(47)40-27-26-34-13-5-6-17-39(34)53(40)61/h2*1-32H. The van der Waals surface area contributed by atoms with Crippen molar-refractivity contribution in [3.63, 3.8) is 0 Å². The molecule has 10 nitrogen and oxygen atoms in total. The van der Waals surface area contributed by atoms with E-state index >= 15 is 0 Å². The Kier molecular flexibility index (Phi) is 15.4. The van der Waals surface area contributed by atoms with E-state index in [1.165, 1.54) is 99.6 Å². The molecule has 0 radical (unpaired) electrons. The van der Waals surface area contributed by atoms with Crippen LogP contribution in [0.3, 0.4) is 0 Å². The maximum absolute atomic E-state index is 7.05. The van der Waals surface area contributed by atoms with Crippen LogP contribution in [0.4, 0.5) is 0 Å². The summed E-state index contributed by atoms with van der Waals surface area (Å²) < 4.78 is 23.7. The van der Waals surface area contributed by atoms with Gasteiger partial charge >= 0.3 is 0 Å². The van der Waals surface area contributed by atoms with Crippen molar-refractivity contribution in [1.82, 2.24) is 39.0 Å². The van der Waals surface area contributed by atoms with Crippen molar-refractivity contribution < 1.29 is 8.83 Å². The largest absolute Gasteiger partial charge is 0.454 e. The summed E-state index contributed by atoms with van der Waals surface area (Å²) in [6.45, 7) is 0. The highest BCUT2D eigenvalue weighted by Gasteiger charge is 2.29. The molecular weight excluding hydrogens is 1580 g/mol. The average molecular weight is 1640 g/mol. The molecule has 12 heteroatoms. The summed E-state index contributed by atoms with van der Waals surface area (Å²) in [7, 11) is 0. The molecule has 0 atom stereocenters. The van der Waals surface area contributed by atoms with Crippen molar-refractivity contribution in [2.75, 3.05) is 0 Å². The van der Waals surface area contributed by atoms with Gasteiger partial charge < -0.3 is 18.0 Å². The number of hydrogen-bond donors (Lipinski definition) is 0. The molecule has 0 bridgehead atoms. The van der Waals surface area contributed by atoms with Crippen molar-refractivity contribution >= 4 is 215 Å². The molecule has 8 aromatic heterocycles. The first kappa shape index (κ1) is 70.3. The number of nitrogens with zero attached hydrogens (tertiary/aromatic N) is 8. The molecular formula is C114H64N8O2S2. The number of rotatable bonds is 8. The Hall–Kier alpha value is -16.4. The van der Waals surface area contributed by atoms with E-state index in [4.69, 9.17) is 38.7 Å². The normalized spacial score (nSPS) is 12.1. The number of para-hydroxylation sites is 2. The second-order valence-electron chi connectivity index (χ2n) is 32.6. The fourth-order valence-electron chi connectivity index (χ4n) is 19.9. The lowest BCUT2D eigenvalue weighted by atomic mass is 10.0. The molecule has 8 heterocycles. The van der Waals surface area contributed by atoms with Crippen molar-refractivity contribution in [3.05, 3.63) is 388 Å². The number of fused-ring (bicyclic) bond motifs is 25. The lowest BCUT2D eigenvalue weighted by Crippen LogP contribution is -2.02. The van der Waals surface area contributed by atoms with E-state index in [0.717, 1.165) is 138 Å². The van der Waals surface area contributed by atoms with E-state index in [-0.39, 0.29) is 0 Å². The first-order chi connectivity index (χ1) is 62.4. The van der Waals surface area contributed by atoms with Gasteiger partial charge in [-0.25, -0.2) is 29.9 Å². The molecule has 28 rings (SSSR count). The third-order valence-electron chi connectivity index (χ3n) is 25.6. The molecule has 0 fully saturated rings. The number of thiophene rings is 2. The van der Waals surface area contributed by atoms with Crippen LogP contribution >= 0.6 is 22.7 Å². The molecule has 0 spiro atoms. The van der Waals surface area contributed by atoms with E-state index in [1.807, 2.05) is 12.1 Å². The van der Waals surface area contributed by atoms with Gasteiger partial charge in [-0.1, -0.05) is 285 Å². The van der Waals surface area contributed by atoms with E-state index in [1.54, 1.807) is 22.7 Å². The lowest BCUT2D eigenvalue weighted by Gasteiger charge is -2.14. The minimum atomic E-state index is 0.585. The first-order valence-corrected chi connectivity index (χ1v) is 44.0. The molecule has 126 heavy (non-hydrogen) atoms. The van der Waals surface area contributed by atoms with Crippen LogP contribution in [0.15, 0.2) is 397 Å². The third-order valence-corrected chi connectivity index (χ3v) is 27.9. The SMILES string of the molecule is c1ccc2cc(-c3nc(-c4cccc5sc6ccccc6c45)nc(-c4ccc(-n5c6cc7ccccc7cc6c6ccc7ccccc7c65)c5oc6ccccc6c45)n3)ccc2c1.c1ccc2cc3c(cc2c1)c1cc2ccccc2cc1n3-c1ccc(-c2nc(-c3cccc4ccccc34)nc(-c3cccc4sc5ccccc5c34)n2)c2c1oc1ccccc12. The maximum atomic E-state index is 7.05. The minimum absolute atomic E-state index is 0.585. The van der Waals surface area contributed by atoms with Gasteiger partial charge in [0, 0.05) is 122 Å². The van der Waals surface area contributed by atoms with Gasteiger partial charge in [-0.2, -0.15) is 0 Å². The van der Waals surface area contributed by atoms with Crippen LogP contribution in [0.5, 0.6) is 0 Å². The van der Waals surface area contributed by atoms with Crippen LogP contribution in [-0.4, -0.2) is 39.0 Å². The van der Waals surface area contributed by atoms with E-state index in [2.05, 4.69) is 385 Å². The Morgan fingerprint density at radius 2 is 0.540 bits per heavy atom. The van der Waals surface area contributed by atoms with Crippen LogP contribution < -0.4 is 0 Å². The van der Waals surface area contributed by atoms with Gasteiger partial charge in [0.05, 0.1) is 33.4 Å². The molecule has 28 aromatic rings. The van der Waals surface area contributed by atoms with Gasteiger partial charge in [-0.3, -0.25) is 0 Å². The summed E-state index contributed by atoms with van der Waals surface area (Å²) in [6, 6.07) is 138. The molecule has 0 amide bonds. The fourth-order valence-corrected chi connectivity index (χ4v) is 22.1. The molecule has 0 saturated heterocycles. The van der Waals surface area contributed by atoms with Crippen LogP contribution in [0, 0.1) is 0 Å². The van der Waals surface area contributed by atoms with Crippen molar-refractivity contribution in [2.24, 2.45) is 0 Å². The minimum Gasteiger partial charge on any atom is -0.454 e. The zero-order chi connectivity index (χ0) is 82.3. The second kappa shape index (κ2) is 27.6. The number of furan rings is 2. The van der Waals surface area contributed by atoms with Crippen molar-refractivity contribution in [1.29, 1.82) is 0 Å². The monoisotopic (exact) mass is 1640 g/mol. The predicted molar refractivity (Wildman–Crippen MR) is 526 cm³/mol. The van der Waals surface area contributed by atoms with Gasteiger partial charge in [-0.15, -0.1) is 22.7 Å². The van der Waals surface area contributed by atoms with Gasteiger partial charge in [0.2, 0.25) is 0 Å². The number of benzene rings is 20. The number of aromatic nitrogens is 8. The van der Waals surface area contributed by atoms with E-state index < -0.39 is 0 Å². The quantitative estimate of drug-likeness (QED) is 0.148. The second-order valence-corrected chi connectivity index (χ2v) is 34.8. The van der Waals surface area contributed by atoms with E-state index in [9.17, 15) is 0 Å². The third kappa shape index (κ3) is 10.9. The molecule has 0 saturated carbocycles. The molecule has 0 N–H and O–H groups in total. The molecule has 0 aliphatic carbocycles. The van der Waals surface area contributed by atoms with Crippen LogP contribution in [0.25, 0.3) is 272 Å². The van der Waals surface area contributed by atoms with E-state index in [0.29, 0.717) is 34.9 Å².